The van der Waals surface area contributed by atoms with Crippen molar-refractivity contribution < 1.29 is 14.6 Å². The third-order valence-corrected chi connectivity index (χ3v) is 3.23. The van der Waals surface area contributed by atoms with Gasteiger partial charge in [0.1, 0.15) is 5.75 Å². The summed E-state index contributed by atoms with van der Waals surface area (Å²) < 4.78 is 5.77. The van der Waals surface area contributed by atoms with Crippen LogP contribution in [0.1, 0.15) is 44.2 Å². The first kappa shape index (κ1) is 15.5. The van der Waals surface area contributed by atoms with Crippen LogP contribution in [0.2, 0.25) is 0 Å². The highest BCUT2D eigenvalue weighted by atomic mass is 16.5. The number of aryl methyl sites for hydroxylation is 2. The molecule has 1 N–H and O–H groups in total. The van der Waals surface area contributed by atoms with E-state index in [1.165, 1.54) is 5.56 Å². The van der Waals surface area contributed by atoms with Crippen LogP contribution < -0.4 is 4.74 Å². The van der Waals surface area contributed by atoms with Crippen molar-refractivity contribution in [2.45, 2.75) is 47.0 Å². The maximum absolute atomic E-state index is 10.7. The van der Waals surface area contributed by atoms with Gasteiger partial charge in [0.15, 0.2) is 0 Å². The van der Waals surface area contributed by atoms with Crippen molar-refractivity contribution in [2.75, 3.05) is 6.61 Å². The molecule has 0 saturated heterocycles. The normalized spacial score (nSPS) is 11.4. The zero-order valence-corrected chi connectivity index (χ0v) is 12.3. The summed E-state index contributed by atoms with van der Waals surface area (Å²) in [5.74, 6) is 0.191. The summed E-state index contributed by atoms with van der Waals surface area (Å²) in [6, 6.07) is 6.16. The fourth-order valence-electron chi connectivity index (χ4n) is 2.09. The van der Waals surface area contributed by atoms with Gasteiger partial charge in [0, 0.05) is 0 Å². The van der Waals surface area contributed by atoms with Gasteiger partial charge < -0.3 is 9.84 Å². The Hall–Kier alpha value is -1.51. The number of carbonyl (C=O) groups is 1. The molecule has 0 fully saturated rings. The van der Waals surface area contributed by atoms with Gasteiger partial charge in [-0.1, -0.05) is 26.0 Å². The number of ether oxygens (including phenoxy) is 1. The van der Waals surface area contributed by atoms with Crippen molar-refractivity contribution >= 4 is 5.97 Å². The first-order chi connectivity index (χ1) is 8.80. The molecule has 0 bridgehead atoms. The molecule has 0 aliphatic carbocycles. The molecule has 0 amide bonds. The second-order valence-corrected chi connectivity index (χ2v) is 5.96. The molecular weight excluding hydrogens is 240 g/mol. The fraction of sp³-hybridized carbons (Fsp3) is 0.562. The second-order valence-electron chi connectivity index (χ2n) is 5.96. The van der Waals surface area contributed by atoms with Crippen molar-refractivity contribution in [1.29, 1.82) is 0 Å². The number of carboxylic acids is 1. The number of rotatable bonds is 7. The molecule has 1 aromatic rings. The van der Waals surface area contributed by atoms with Crippen LogP contribution in [-0.4, -0.2) is 17.7 Å². The molecule has 106 valence electrons. The Balaban J connectivity index is 2.38. The van der Waals surface area contributed by atoms with Crippen LogP contribution in [-0.2, 0) is 4.79 Å². The molecular formula is C16H24O3. The molecule has 3 nitrogen and oxygen atoms in total. The minimum atomic E-state index is -0.736. The van der Waals surface area contributed by atoms with Gasteiger partial charge in [-0.25, -0.2) is 0 Å². The highest BCUT2D eigenvalue weighted by Gasteiger charge is 2.21. The van der Waals surface area contributed by atoms with E-state index in [1.807, 2.05) is 33.8 Å². The van der Waals surface area contributed by atoms with Gasteiger partial charge in [0.05, 0.1) is 13.0 Å². The minimum absolute atomic E-state index is 0.170. The third-order valence-electron chi connectivity index (χ3n) is 3.23. The molecule has 0 aliphatic heterocycles. The topological polar surface area (TPSA) is 46.5 Å². The van der Waals surface area contributed by atoms with E-state index in [0.717, 1.165) is 24.2 Å². The first-order valence-corrected chi connectivity index (χ1v) is 6.72. The first-order valence-electron chi connectivity index (χ1n) is 6.72. The molecule has 0 aliphatic rings. The molecule has 0 saturated carbocycles. The Morgan fingerprint density at radius 3 is 2.63 bits per heavy atom. The molecule has 0 aromatic heterocycles. The predicted octanol–water partition coefficient (Wildman–Crippen LogP) is 3.96. The van der Waals surface area contributed by atoms with Gasteiger partial charge in [-0.3, -0.25) is 4.79 Å². The molecule has 0 radical (unpaired) electrons. The Morgan fingerprint density at radius 2 is 2.00 bits per heavy atom. The lowest BCUT2D eigenvalue weighted by Gasteiger charge is -2.22. The lowest BCUT2D eigenvalue weighted by atomic mass is 9.84. The summed E-state index contributed by atoms with van der Waals surface area (Å²) in [6.45, 7) is 8.68. The second kappa shape index (κ2) is 6.60. The largest absolute Gasteiger partial charge is 0.493 e. The Morgan fingerprint density at radius 1 is 1.32 bits per heavy atom. The quantitative estimate of drug-likeness (QED) is 0.758. The zero-order valence-electron chi connectivity index (χ0n) is 12.3. The van der Waals surface area contributed by atoms with Crippen molar-refractivity contribution in [2.24, 2.45) is 5.41 Å². The van der Waals surface area contributed by atoms with E-state index >= 15 is 0 Å². The highest BCUT2D eigenvalue weighted by molar-refractivity contribution is 5.67. The SMILES string of the molecule is Cc1ccc(C)c(OCCCC(C)(C)CC(=O)O)c1. The van der Waals surface area contributed by atoms with Crippen LogP contribution in [0.15, 0.2) is 18.2 Å². The molecule has 1 aromatic carbocycles. The van der Waals surface area contributed by atoms with E-state index < -0.39 is 5.97 Å². The number of carboxylic acid groups (broad SMARTS) is 1. The van der Waals surface area contributed by atoms with E-state index in [9.17, 15) is 4.79 Å². The zero-order chi connectivity index (χ0) is 14.5. The third kappa shape index (κ3) is 5.77. The summed E-state index contributed by atoms with van der Waals surface area (Å²) >= 11 is 0. The van der Waals surface area contributed by atoms with E-state index in [4.69, 9.17) is 9.84 Å². The summed E-state index contributed by atoms with van der Waals surface area (Å²) in [5, 5.41) is 8.82. The van der Waals surface area contributed by atoms with Gasteiger partial charge in [-0.15, -0.1) is 0 Å². The average molecular weight is 264 g/mol. The maximum Gasteiger partial charge on any atom is 0.303 e. The van der Waals surface area contributed by atoms with Crippen molar-refractivity contribution in [1.82, 2.24) is 0 Å². The molecule has 0 atom stereocenters. The molecule has 0 spiro atoms. The lowest BCUT2D eigenvalue weighted by Crippen LogP contribution is -2.17. The number of benzene rings is 1. The van der Waals surface area contributed by atoms with E-state index in [2.05, 4.69) is 12.1 Å². The van der Waals surface area contributed by atoms with Crippen molar-refractivity contribution in [3.05, 3.63) is 29.3 Å². The maximum atomic E-state index is 10.7. The highest BCUT2D eigenvalue weighted by Crippen LogP contribution is 2.27. The average Bonchev–Trinajstić information content (AvgIpc) is 2.27. The predicted molar refractivity (Wildman–Crippen MR) is 76.7 cm³/mol. The summed E-state index contributed by atoms with van der Waals surface area (Å²) in [6.07, 6.45) is 1.92. The standard InChI is InChI=1S/C16H24O3/c1-12-6-7-13(2)14(10-12)19-9-5-8-16(3,4)11-15(17)18/h6-7,10H,5,8-9,11H2,1-4H3,(H,17,18). The van der Waals surface area contributed by atoms with E-state index in [0.29, 0.717) is 6.61 Å². The molecule has 0 unspecified atom stereocenters. The van der Waals surface area contributed by atoms with Gasteiger partial charge in [-0.05, 0) is 49.3 Å². The van der Waals surface area contributed by atoms with E-state index in [-0.39, 0.29) is 11.8 Å². The number of hydrogen-bond acceptors (Lipinski definition) is 2. The van der Waals surface area contributed by atoms with Gasteiger partial charge in [-0.2, -0.15) is 0 Å². The summed E-state index contributed by atoms with van der Waals surface area (Å²) in [4.78, 5) is 10.7. The molecule has 19 heavy (non-hydrogen) atoms. The summed E-state index contributed by atoms with van der Waals surface area (Å²) in [7, 11) is 0. The molecule has 3 heteroatoms. The van der Waals surface area contributed by atoms with Gasteiger partial charge >= 0.3 is 5.97 Å². The van der Waals surface area contributed by atoms with Crippen molar-refractivity contribution in [3.63, 3.8) is 0 Å². The summed E-state index contributed by atoms with van der Waals surface area (Å²) in [5.41, 5.74) is 2.15. The van der Waals surface area contributed by atoms with Gasteiger partial charge in [0.25, 0.3) is 0 Å². The Labute approximate surface area is 115 Å². The number of aliphatic carboxylic acids is 1. The fourth-order valence-corrected chi connectivity index (χ4v) is 2.09. The van der Waals surface area contributed by atoms with Crippen LogP contribution in [0.25, 0.3) is 0 Å². The van der Waals surface area contributed by atoms with E-state index in [1.54, 1.807) is 0 Å². The Kier molecular flexibility index (Phi) is 5.40. The van der Waals surface area contributed by atoms with Crippen LogP contribution in [0.5, 0.6) is 5.75 Å². The van der Waals surface area contributed by atoms with Crippen LogP contribution >= 0.6 is 0 Å². The Bertz CT molecular complexity index is 436. The minimum Gasteiger partial charge on any atom is -0.493 e. The monoisotopic (exact) mass is 264 g/mol. The van der Waals surface area contributed by atoms with Crippen LogP contribution in [0, 0.1) is 19.3 Å². The van der Waals surface area contributed by atoms with Crippen molar-refractivity contribution in [3.8, 4) is 5.75 Å². The van der Waals surface area contributed by atoms with Crippen LogP contribution in [0.4, 0.5) is 0 Å². The smallest absolute Gasteiger partial charge is 0.303 e. The lowest BCUT2D eigenvalue weighted by molar-refractivity contribution is -0.139. The van der Waals surface area contributed by atoms with Gasteiger partial charge in [0.2, 0.25) is 0 Å². The molecule has 0 heterocycles. The number of hydrogen-bond donors (Lipinski definition) is 1. The van der Waals surface area contributed by atoms with Crippen LogP contribution in [0.3, 0.4) is 0 Å². The molecule has 1 rings (SSSR count).